The van der Waals surface area contributed by atoms with Crippen molar-refractivity contribution in [3.63, 3.8) is 0 Å². The molecule has 0 spiro atoms. The van der Waals surface area contributed by atoms with Gasteiger partial charge in [-0.15, -0.1) is 11.6 Å². The molecule has 0 aromatic heterocycles. The third-order valence-electron chi connectivity index (χ3n) is 2.49. The summed E-state index contributed by atoms with van der Waals surface area (Å²) in [5.41, 5.74) is 0.686. The third-order valence-corrected chi connectivity index (χ3v) is 2.98. The number of halogens is 1. The van der Waals surface area contributed by atoms with Crippen LogP contribution in [0.4, 0.5) is 0 Å². The average Bonchev–Trinajstić information content (AvgIpc) is 2.29. The van der Waals surface area contributed by atoms with Gasteiger partial charge >= 0.3 is 0 Å². The van der Waals surface area contributed by atoms with Crippen LogP contribution in [0.1, 0.15) is 24.2 Å². The Morgan fingerprint density at radius 2 is 1.93 bits per heavy atom. The number of alkyl halides is 1. The number of carbonyl (C=O) groups is 1. The van der Waals surface area contributed by atoms with Crippen LogP contribution in [0, 0.1) is 5.92 Å². The SMILES string of the molecule is CC(CCl)C(C)NC(=O)c1ccccc1. The molecule has 2 nitrogen and oxygen atoms in total. The van der Waals surface area contributed by atoms with E-state index in [1.54, 1.807) is 12.1 Å². The molecule has 0 radical (unpaired) electrons. The van der Waals surface area contributed by atoms with Crippen molar-refractivity contribution in [2.75, 3.05) is 5.88 Å². The first-order valence-corrected chi connectivity index (χ1v) is 5.60. The molecular weight excluding hydrogens is 210 g/mol. The van der Waals surface area contributed by atoms with Gasteiger partial charge in [0.05, 0.1) is 0 Å². The summed E-state index contributed by atoms with van der Waals surface area (Å²) in [6.45, 7) is 3.98. The first-order chi connectivity index (χ1) is 7.15. The quantitative estimate of drug-likeness (QED) is 0.785. The van der Waals surface area contributed by atoms with Gasteiger partial charge in [0.2, 0.25) is 0 Å². The van der Waals surface area contributed by atoms with E-state index in [-0.39, 0.29) is 17.9 Å². The van der Waals surface area contributed by atoms with Crippen LogP contribution in [0.2, 0.25) is 0 Å². The molecule has 1 N–H and O–H groups in total. The largest absolute Gasteiger partial charge is 0.349 e. The predicted octanol–water partition coefficient (Wildman–Crippen LogP) is 2.68. The summed E-state index contributed by atoms with van der Waals surface area (Å²) < 4.78 is 0. The Morgan fingerprint density at radius 3 is 2.47 bits per heavy atom. The maximum Gasteiger partial charge on any atom is 0.251 e. The van der Waals surface area contributed by atoms with Crippen LogP contribution in [0.25, 0.3) is 0 Å². The van der Waals surface area contributed by atoms with Gasteiger partial charge in [-0.05, 0) is 25.0 Å². The van der Waals surface area contributed by atoms with E-state index in [2.05, 4.69) is 5.32 Å². The minimum absolute atomic E-state index is 0.0416. The van der Waals surface area contributed by atoms with Gasteiger partial charge < -0.3 is 5.32 Å². The molecule has 2 unspecified atom stereocenters. The molecule has 0 aliphatic rings. The second-order valence-electron chi connectivity index (χ2n) is 3.76. The summed E-state index contributed by atoms with van der Waals surface area (Å²) in [6, 6.07) is 9.28. The molecule has 1 rings (SSSR count). The van der Waals surface area contributed by atoms with Crippen molar-refractivity contribution in [3.8, 4) is 0 Å². The van der Waals surface area contributed by atoms with Crippen LogP contribution in [-0.2, 0) is 0 Å². The van der Waals surface area contributed by atoms with E-state index in [0.717, 1.165) is 0 Å². The van der Waals surface area contributed by atoms with E-state index in [1.807, 2.05) is 32.0 Å². The second-order valence-corrected chi connectivity index (χ2v) is 4.07. The molecule has 0 aliphatic heterocycles. The van der Waals surface area contributed by atoms with Crippen molar-refractivity contribution in [2.45, 2.75) is 19.9 Å². The molecule has 15 heavy (non-hydrogen) atoms. The average molecular weight is 226 g/mol. The fourth-order valence-electron chi connectivity index (χ4n) is 1.16. The lowest BCUT2D eigenvalue weighted by Crippen LogP contribution is -2.37. The van der Waals surface area contributed by atoms with E-state index in [9.17, 15) is 4.79 Å². The highest BCUT2D eigenvalue weighted by Crippen LogP contribution is 2.06. The Hall–Kier alpha value is -1.02. The van der Waals surface area contributed by atoms with Gasteiger partial charge in [-0.1, -0.05) is 25.1 Å². The number of amides is 1. The normalized spacial score (nSPS) is 14.3. The van der Waals surface area contributed by atoms with Crippen molar-refractivity contribution >= 4 is 17.5 Å². The summed E-state index contributed by atoms with van der Waals surface area (Å²) >= 11 is 5.73. The van der Waals surface area contributed by atoms with Crippen molar-refractivity contribution < 1.29 is 4.79 Å². The Balaban J connectivity index is 2.57. The lowest BCUT2D eigenvalue weighted by atomic mass is 10.1. The number of hydrogen-bond donors (Lipinski definition) is 1. The Morgan fingerprint density at radius 1 is 1.33 bits per heavy atom. The van der Waals surface area contributed by atoms with E-state index < -0.39 is 0 Å². The molecule has 0 bridgehead atoms. The van der Waals surface area contributed by atoms with E-state index in [1.165, 1.54) is 0 Å². The zero-order chi connectivity index (χ0) is 11.3. The lowest BCUT2D eigenvalue weighted by Gasteiger charge is -2.18. The van der Waals surface area contributed by atoms with Gasteiger partial charge in [0.15, 0.2) is 0 Å². The fraction of sp³-hybridized carbons (Fsp3) is 0.417. The molecule has 0 aliphatic carbocycles. The molecule has 82 valence electrons. The second kappa shape index (κ2) is 5.76. The Bertz CT molecular complexity index is 313. The predicted molar refractivity (Wildman–Crippen MR) is 63.3 cm³/mol. The van der Waals surface area contributed by atoms with Crippen LogP contribution < -0.4 is 5.32 Å². The minimum atomic E-state index is -0.0416. The monoisotopic (exact) mass is 225 g/mol. The summed E-state index contributed by atoms with van der Waals surface area (Å²) in [6.07, 6.45) is 0. The molecule has 0 saturated carbocycles. The van der Waals surface area contributed by atoms with Crippen molar-refractivity contribution in [1.29, 1.82) is 0 Å². The number of rotatable bonds is 4. The van der Waals surface area contributed by atoms with Gasteiger partial charge in [-0.2, -0.15) is 0 Å². The van der Waals surface area contributed by atoms with Crippen molar-refractivity contribution in [2.24, 2.45) is 5.92 Å². The first-order valence-electron chi connectivity index (χ1n) is 5.07. The summed E-state index contributed by atoms with van der Waals surface area (Å²) in [7, 11) is 0. The van der Waals surface area contributed by atoms with Gasteiger partial charge in [0.25, 0.3) is 5.91 Å². The fourth-order valence-corrected chi connectivity index (χ4v) is 1.42. The van der Waals surface area contributed by atoms with E-state index in [0.29, 0.717) is 11.4 Å². The van der Waals surface area contributed by atoms with Gasteiger partial charge in [-0.3, -0.25) is 4.79 Å². The molecule has 2 atom stereocenters. The van der Waals surface area contributed by atoms with Gasteiger partial charge in [0, 0.05) is 17.5 Å². The Labute approximate surface area is 95.6 Å². The van der Waals surface area contributed by atoms with Crippen molar-refractivity contribution in [1.82, 2.24) is 5.32 Å². The summed E-state index contributed by atoms with van der Waals surface area (Å²) in [4.78, 5) is 11.7. The maximum absolute atomic E-state index is 11.7. The molecule has 0 heterocycles. The molecular formula is C12H16ClNO. The summed E-state index contributed by atoms with van der Waals surface area (Å²) in [5, 5.41) is 2.92. The minimum Gasteiger partial charge on any atom is -0.349 e. The highest BCUT2D eigenvalue weighted by atomic mass is 35.5. The highest BCUT2D eigenvalue weighted by molar-refractivity contribution is 6.18. The van der Waals surface area contributed by atoms with Crippen molar-refractivity contribution in [3.05, 3.63) is 35.9 Å². The molecule has 0 fully saturated rings. The van der Waals surface area contributed by atoms with Crippen LogP contribution >= 0.6 is 11.6 Å². The lowest BCUT2D eigenvalue weighted by molar-refractivity contribution is 0.0931. The first kappa shape index (κ1) is 12.1. The topological polar surface area (TPSA) is 29.1 Å². The van der Waals surface area contributed by atoms with Crippen LogP contribution in [-0.4, -0.2) is 17.8 Å². The van der Waals surface area contributed by atoms with Crippen LogP contribution in [0.5, 0.6) is 0 Å². The standard InChI is InChI=1S/C12H16ClNO/c1-9(8-13)10(2)14-12(15)11-6-4-3-5-7-11/h3-7,9-10H,8H2,1-2H3,(H,14,15). The molecule has 1 aromatic rings. The smallest absolute Gasteiger partial charge is 0.251 e. The molecule has 3 heteroatoms. The number of benzene rings is 1. The zero-order valence-electron chi connectivity index (χ0n) is 9.03. The maximum atomic E-state index is 11.7. The molecule has 1 aromatic carbocycles. The Kier molecular flexibility index (Phi) is 4.63. The number of nitrogens with one attached hydrogen (secondary N) is 1. The number of hydrogen-bond acceptors (Lipinski definition) is 1. The zero-order valence-corrected chi connectivity index (χ0v) is 9.79. The van der Waals surface area contributed by atoms with Crippen LogP contribution in [0.15, 0.2) is 30.3 Å². The molecule has 1 amide bonds. The molecule has 0 saturated heterocycles. The van der Waals surface area contributed by atoms with Gasteiger partial charge in [-0.25, -0.2) is 0 Å². The van der Waals surface area contributed by atoms with Crippen LogP contribution in [0.3, 0.4) is 0 Å². The summed E-state index contributed by atoms with van der Waals surface area (Å²) in [5.74, 6) is 0.787. The number of carbonyl (C=O) groups excluding carboxylic acids is 1. The van der Waals surface area contributed by atoms with E-state index >= 15 is 0 Å². The van der Waals surface area contributed by atoms with E-state index in [4.69, 9.17) is 11.6 Å². The third kappa shape index (κ3) is 3.56. The van der Waals surface area contributed by atoms with Gasteiger partial charge in [0.1, 0.15) is 0 Å². The highest BCUT2D eigenvalue weighted by Gasteiger charge is 2.14.